The Labute approximate surface area is 280 Å². The Morgan fingerprint density at radius 3 is 1.85 bits per heavy atom. The molecule has 0 fully saturated rings. The normalized spacial score (nSPS) is 11.3. The van der Waals surface area contributed by atoms with Crippen molar-refractivity contribution in [2.75, 3.05) is 4.90 Å². The summed E-state index contributed by atoms with van der Waals surface area (Å²) in [5, 5.41) is 4.95. The maximum atomic E-state index is 2.42. The highest BCUT2D eigenvalue weighted by Gasteiger charge is 2.21. The molecule has 0 aliphatic rings. The third-order valence-corrected chi connectivity index (χ3v) is 9.35. The van der Waals surface area contributed by atoms with E-state index in [0.717, 1.165) is 22.7 Å². The van der Waals surface area contributed by atoms with Crippen LogP contribution in [0.4, 0.5) is 17.1 Å². The monoisotopic (exact) mass is 612 g/mol. The number of nitrogens with zero attached hydrogens (tertiary/aromatic N) is 2. The number of benzene rings is 8. The summed E-state index contributed by atoms with van der Waals surface area (Å²) in [7, 11) is 0. The third-order valence-electron chi connectivity index (χ3n) is 9.35. The van der Waals surface area contributed by atoms with Crippen LogP contribution < -0.4 is 4.90 Å². The molecule has 9 aromatic rings. The highest BCUT2D eigenvalue weighted by atomic mass is 15.1. The number of anilines is 3. The largest absolute Gasteiger partial charge is 0.310 e. The average Bonchev–Trinajstić information content (AvgIpc) is 3.51. The number of fused-ring (bicyclic) bond motifs is 4. The summed E-state index contributed by atoms with van der Waals surface area (Å²) in [5.74, 6) is 0. The summed E-state index contributed by atoms with van der Waals surface area (Å²) in [6.07, 6.45) is 0. The quantitative estimate of drug-likeness (QED) is 0.181. The molecule has 48 heavy (non-hydrogen) atoms. The van der Waals surface area contributed by atoms with Crippen molar-refractivity contribution >= 4 is 49.6 Å². The second kappa shape index (κ2) is 11.8. The Balaban J connectivity index is 1.28. The fourth-order valence-corrected chi connectivity index (χ4v) is 7.21. The minimum absolute atomic E-state index is 1.12. The Morgan fingerprint density at radius 1 is 0.375 bits per heavy atom. The van der Waals surface area contributed by atoms with E-state index in [0.29, 0.717) is 0 Å². The first-order valence-corrected chi connectivity index (χ1v) is 16.4. The van der Waals surface area contributed by atoms with Gasteiger partial charge in [0.05, 0.1) is 16.7 Å². The maximum Gasteiger partial charge on any atom is 0.0562 e. The molecule has 0 bridgehead atoms. The van der Waals surface area contributed by atoms with Crippen molar-refractivity contribution in [1.82, 2.24) is 4.57 Å². The van der Waals surface area contributed by atoms with E-state index in [2.05, 4.69) is 204 Å². The van der Waals surface area contributed by atoms with Crippen LogP contribution in [0, 0.1) is 0 Å². The van der Waals surface area contributed by atoms with Gasteiger partial charge in [0.15, 0.2) is 0 Å². The zero-order valence-corrected chi connectivity index (χ0v) is 26.4. The summed E-state index contributed by atoms with van der Waals surface area (Å²) in [6, 6.07) is 69.9. The highest BCUT2D eigenvalue weighted by Crippen LogP contribution is 2.44. The van der Waals surface area contributed by atoms with E-state index in [1.54, 1.807) is 0 Å². The molecule has 0 amide bonds. The molecule has 0 spiro atoms. The molecular weight excluding hydrogens is 581 g/mol. The first-order valence-electron chi connectivity index (χ1n) is 16.4. The van der Waals surface area contributed by atoms with Gasteiger partial charge in [0.1, 0.15) is 0 Å². The van der Waals surface area contributed by atoms with Crippen molar-refractivity contribution in [2.24, 2.45) is 0 Å². The average molecular weight is 613 g/mol. The van der Waals surface area contributed by atoms with Gasteiger partial charge in [-0.2, -0.15) is 0 Å². The van der Waals surface area contributed by atoms with Gasteiger partial charge in [0.2, 0.25) is 0 Å². The Morgan fingerprint density at radius 2 is 0.979 bits per heavy atom. The summed E-state index contributed by atoms with van der Waals surface area (Å²) < 4.78 is 2.42. The third kappa shape index (κ3) is 4.74. The molecule has 8 aromatic carbocycles. The van der Waals surface area contributed by atoms with E-state index in [-0.39, 0.29) is 0 Å². The fourth-order valence-electron chi connectivity index (χ4n) is 7.21. The molecule has 0 unspecified atom stereocenters. The molecule has 0 radical (unpaired) electrons. The van der Waals surface area contributed by atoms with E-state index in [9.17, 15) is 0 Å². The van der Waals surface area contributed by atoms with Crippen molar-refractivity contribution in [3.8, 4) is 27.9 Å². The van der Waals surface area contributed by atoms with E-state index in [1.807, 2.05) is 0 Å². The molecule has 0 N–H and O–H groups in total. The van der Waals surface area contributed by atoms with Gasteiger partial charge in [-0.25, -0.2) is 0 Å². The molecule has 2 heteroatoms. The van der Waals surface area contributed by atoms with Crippen LogP contribution in [0.25, 0.3) is 60.5 Å². The van der Waals surface area contributed by atoms with Crippen molar-refractivity contribution in [3.63, 3.8) is 0 Å². The van der Waals surface area contributed by atoms with Gasteiger partial charge in [-0.15, -0.1) is 0 Å². The topological polar surface area (TPSA) is 8.17 Å². The molecule has 0 atom stereocenters. The van der Waals surface area contributed by atoms with Crippen LogP contribution in [0.15, 0.2) is 194 Å². The summed E-state index contributed by atoms with van der Waals surface area (Å²) >= 11 is 0. The number of para-hydroxylation sites is 2. The highest BCUT2D eigenvalue weighted by molar-refractivity contribution is 6.16. The summed E-state index contributed by atoms with van der Waals surface area (Å²) in [4.78, 5) is 2.40. The van der Waals surface area contributed by atoms with Crippen LogP contribution in [-0.4, -0.2) is 4.57 Å². The number of aromatic nitrogens is 1. The molecule has 0 aliphatic heterocycles. The second-order valence-corrected chi connectivity index (χ2v) is 12.2. The zero-order chi connectivity index (χ0) is 31.9. The molecule has 1 aromatic heterocycles. The molecule has 0 saturated carbocycles. The van der Waals surface area contributed by atoms with Crippen LogP contribution in [0.5, 0.6) is 0 Å². The number of hydrogen-bond acceptors (Lipinski definition) is 1. The van der Waals surface area contributed by atoms with Gasteiger partial charge in [-0.1, -0.05) is 140 Å². The number of hydrogen-bond donors (Lipinski definition) is 0. The SMILES string of the molecule is c1ccc(-c2cccc(N(c3ccccc3)c3cccc4c3c3ccccc3n4-c3cccc(-c4cccc5ccccc45)c3)c2)cc1. The molecule has 9 rings (SSSR count). The minimum Gasteiger partial charge on any atom is -0.310 e. The van der Waals surface area contributed by atoms with Gasteiger partial charge in [-0.05, 0) is 87.6 Å². The van der Waals surface area contributed by atoms with E-state index < -0.39 is 0 Å². The van der Waals surface area contributed by atoms with Gasteiger partial charge < -0.3 is 9.47 Å². The van der Waals surface area contributed by atoms with Gasteiger partial charge >= 0.3 is 0 Å². The Bertz CT molecular complexity index is 2560. The summed E-state index contributed by atoms with van der Waals surface area (Å²) in [6.45, 7) is 0. The van der Waals surface area contributed by atoms with E-state index >= 15 is 0 Å². The van der Waals surface area contributed by atoms with Crippen LogP contribution in [0.1, 0.15) is 0 Å². The molecule has 0 aliphatic carbocycles. The standard InChI is InChI=1S/C46H32N2/c1-3-15-33(16-4-1)35-19-11-23-38(31-35)47(37-21-5-2-6-22-37)44-29-14-30-45-46(44)42-26-9-10-28-43(42)48(45)39-24-12-20-36(32-39)41-27-13-18-34-17-7-8-25-40(34)41/h1-32H. The first-order chi connectivity index (χ1) is 23.8. The Hall–Kier alpha value is -6.38. The lowest BCUT2D eigenvalue weighted by Gasteiger charge is -2.27. The molecule has 226 valence electrons. The lowest BCUT2D eigenvalue weighted by atomic mass is 9.98. The molecule has 0 saturated heterocycles. The van der Waals surface area contributed by atoms with Gasteiger partial charge in [0.25, 0.3) is 0 Å². The fraction of sp³-hybridized carbons (Fsp3) is 0. The molecular formula is C46H32N2. The van der Waals surface area contributed by atoms with E-state index in [1.165, 1.54) is 54.8 Å². The van der Waals surface area contributed by atoms with Crippen LogP contribution in [0.3, 0.4) is 0 Å². The van der Waals surface area contributed by atoms with Crippen LogP contribution in [0.2, 0.25) is 0 Å². The van der Waals surface area contributed by atoms with Gasteiger partial charge in [-0.3, -0.25) is 0 Å². The zero-order valence-electron chi connectivity index (χ0n) is 26.4. The van der Waals surface area contributed by atoms with Crippen molar-refractivity contribution in [2.45, 2.75) is 0 Å². The second-order valence-electron chi connectivity index (χ2n) is 12.2. The predicted molar refractivity (Wildman–Crippen MR) is 204 cm³/mol. The summed E-state index contributed by atoms with van der Waals surface area (Å²) in [5.41, 5.74) is 11.7. The van der Waals surface area contributed by atoms with E-state index in [4.69, 9.17) is 0 Å². The molecule has 2 nitrogen and oxygen atoms in total. The van der Waals surface area contributed by atoms with Crippen LogP contribution in [-0.2, 0) is 0 Å². The maximum absolute atomic E-state index is 2.42. The molecule has 1 heterocycles. The van der Waals surface area contributed by atoms with Crippen molar-refractivity contribution in [3.05, 3.63) is 194 Å². The van der Waals surface area contributed by atoms with Crippen molar-refractivity contribution in [1.29, 1.82) is 0 Å². The lowest BCUT2D eigenvalue weighted by molar-refractivity contribution is 1.18. The van der Waals surface area contributed by atoms with Crippen molar-refractivity contribution < 1.29 is 0 Å². The Kier molecular flexibility index (Phi) is 6.84. The van der Waals surface area contributed by atoms with Crippen LogP contribution >= 0.6 is 0 Å². The number of rotatable bonds is 6. The van der Waals surface area contributed by atoms with Gasteiger partial charge in [0, 0.05) is 27.8 Å². The predicted octanol–water partition coefficient (Wildman–Crippen LogP) is 12.7. The first kappa shape index (κ1) is 27.9. The minimum atomic E-state index is 1.12. The lowest BCUT2D eigenvalue weighted by Crippen LogP contribution is -2.10. The smallest absolute Gasteiger partial charge is 0.0562 e.